The Hall–Kier alpha value is -2.58. The van der Waals surface area contributed by atoms with Gasteiger partial charge in [-0.3, -0.25) is 14.4 Å². The summed E-state index contributed by atoms with van der Waals surface area (Å²) in [6, 6.07) is 8.03. The first-order valence-electron chi connectivity index (χ1n) is 14.7. The van der Waals surface area contributed by atoms with Crippen molar-refractivity contribution in [1.82, 2.24) is 9.80 Å². The number of ether oxygens (including phenoxy) is 1. The normalized spacial score (nSPS) is 32.0. The van der Waals surface area contributed by atoms with Crippen molar-refractivity contribution in [3.05, 3.63) is 61.2 Å². The second kappa shape index (κ2) is 12.1. The average molecular weight is 567 g/mol. The lowest BCUT2D eigenvalue weighted by Gasteiger charge is -2.44. The Labute approximate surface area is 242 Å². The molecule has 8 heteroatoms. The number of likely N-dealkylation sites (tertiary alicyclic amines) is 1. The van der Waals surface area contributed by atoms with Crippen molar-refractivity contribution in [2.45, 2.75) is 80.0 Å². The molecule has 216 valence electrons. The van der Waals surface area contributed by atoms with Crippen LogP contribution >= 0.6 is 11.8 Å². The van der Waals surface area contributed by atoms with Gasteiger partial charge in [0.25, 0.3) is 0 Å². The summed E-state index contributed by atoms with van der Waals surface area (Å²) in [6.07, 6.45) is 9.93. The zero-order valence-corrected chi connectivity index (χ0v) is 24.3. The third kappa shape index (κ3) is 4.71. The second-order valence-electron chi connectivity index (χ2n) is 11.7. The average Bonchev–Trinajstić information content (AvgIpc) is 3.57. The van der Waals surface area contributed by atoms with E-state index in [0.717, 1.165) is 44.1 Å². The lowest BCUT2D eigenvalue weighted by atomic mass is 9.66. The summed E-state index contributed by atoms with van der Waals surface area (Å²) in [5, 5.41) is 10.6. The highest BCUT2D eigenvalue weighted by Gasteiger charge is 2.77. The predicted molar refractivity (Wildman–Crippen MR) is 156 cm³/mol. The van der Waals surface area contributed by atoms with Crippen LogP contribution in [0.2, 0.25) is 0 Å². The molecule has 1 aromatic rings. The number of fused-ring (bicyclic) bond motifs is 1. The molecule has 3 saturated heterocycles. The van der Waals surface area contributed by atoms with Gasteiger partial charge in [-0.2, -0.15) is 0 Å². The zero-order valence-electron chi connectivity index (χ0n) is 23.5. The molecule has 2 amide bonds. The van der Waals surface area contributed by atoms with E-state index in [0.29, 0.717) is 13.0 Å². The van der Waals surface area contributed by atoms with Gasteiger partial charge in [-0.25, -0.2) is 0 Å². The van der Waals surface area contributed by atoms with E-state index in [9.17, 15) is 19.5 Å². The Morgan fingerprint density at radius 3 is 2.58 bits per heavy atom. The number of nitrogens with zero attached hydrogens (tertiary/aromatic N) is 2. The van der Waals surface area contributed by atoms with Crippen molar-refractivity contribution in [3.63, 3.8) is 0 Å². The minimum Gasteiger partial charge on any atom is -0.465 e. The van der Waals surface area contributed by atoms with Gasteiger partial charge in [-0.05, 0) is 37.2 Å². The van der Waals surface area contributed by atoms with Gasteiger partial charge in [0.1, 0.15) is 6.04 Å². The molecule has 1 N–H and O–H groups in total. The van der Waals surface area contributed by atoms with E-state index in [2.05, 4.69) is 20.1 Å². The fourth-order valence-corrected chi connectivity index (χ4v) is 10.2. The number of hydrogen-bond donors (Lipinski definition) is 1. The molecule has 0 radical (unpaired) electrons. The molecule has 7 nitrogen and oxygen atoms in total. The van der Waals surface area contributed by atoms with Crippen molar-refractivity contribution < 1.29 is 24.2 Å². The van der Waals surface area contributed by atoms with Crippen LogP contribution in [0.4, 0.5) is 0 Å². The van der Waals surface area contributed by atoms with Crippen LogP contribution < -0.4 is 0 Å². The molecule has 2 bridgehead atoms. The third-order valence-electron chi connectivity index (χ3n) is 9.57. The number of thioether (sulfide) groups is 1. The number of carbonyl (C=O) groups is 3. The molecule has 1 saturated carbocycles. The highest BCUT2D eigenvalue weighted by molar-refractivity contribution is 8.02. The number of esters is 1. The van der Waals surface area contributed by atoms with E-state index >= 15 is 0 Å². The van der Waals surface area contributed by atoms with E-state index < -0.39 is 28.7 Å². The van der Waals surface area contributed by atoms with Crippen LogP contribution in [0.25, 0.3) is 0 Å². The minimum atomic E-state index is -0.791. The Kier molecular flexibility index (Phi) is 8.76. The van der Waals surface area contributed by atoms with Crippen molar-refractivity contribution in [2.75, 3.05) is 19.8 Å². The fraction of sp³-hybridized carbons (Fsp3) is 0.594. The molecule has 1 aromatic carbocycles. The molecular formula is C32H42N2O5S. The van der Waals surface area contributed by atoms with Crippen molar-refractivity contribution in [3.8, 4) is 0 Å². The van der Waals surface area contributed by atoms with E-state index in [1.54, 1.807) is 28.8 Å². The number of benzene rings is 1. The molecule has 40 heavy (non-hydrogen) atoms. The van der Waals surface area contributed by atoms with Gasteiger partial charge in [0.15, 0.2) is 0 Å². The Bertz CT molecular complexity index is 1120. The summed E-state index contributed by atoms with van der Waals surface area (Å²) in [7, 11) is 0. The zero-order chi connectivity index (χ0) is 28.4. The summed E-state index contributed by atoms with van der Waals surface area (Å²) in [5.41, 5.74) is 0.776. The van der Waals surface area contributed by atoms with Crippen LogP contribution in [0.1, 0.15) is 63.5 Å². The summed E-state index contributed by atoms with van der Waals surface area (Å²) < 4.78 is 4.87. The molecule has 5 rings (SSSR count). The number of aliphatic hydroxyl groups is 1. The van der Waals surface area contributed by atoms with Crippen LogP contribution in [0.15, 0.2) is 55.6 Å². The van der Waals surface area contributed by atoms with Gasteiger partial charge in [-0.15, -0.1) is 24.9 Å². The van der Waals surface area contributed by atoms with Crippen LogP contribution in [0.3, 0.4) is 0 Å². The number of amides is 2. The van der Waals surface area contributed by atoms with E-state index in [1.165, 1.54) is 0 Å². The topological polar surface area (TPSA) is 87.2 Å². The Morgan fingerprint density at radius 1 is 1.20 bits per heavy atom. The lowest BCUT2D eigenvalue weighted by molar-refractivity contribution is -0.155. The summed E-state index contributed by atoms with van der Waals surface area (Å²) >= 11 is 1.64. The minimum absolute atomic E-state index is 0.0414. The van der Waals surface area contributed by atoms with Gasteiger partial charge >= 0.3 is 5.97 Å². The molecule has 0 aromatic heterocycles. The number of hydrogen-bond acceptors (Lipinski definition) is 6. The van der Waals surface area contributed by atoms with Crippen molar-refractivity contribution in [2.24, 2.45) is 17.8 Å². The van der Waals surface area contributed by atoms with Crippen molar-refractivity contribution >= 4 is 29.5 Å². The van der Waals surface area contributed by atoms with E-state index in [-0.39, 0.29) is 48.2 Å². The van der Waals surface area contributed by atoms with Gasteiger partial charge < -0.3 is 19.6 Å². The van der Waals surface area contributed by atoms with Crippen molar-refractivity contribution in [1.29, 1.82) is 0 Å². The predicted octanol–water partition coefficient (Wildman–Crippen LogP) is 4.52. The van der Waals surface area contributed by atoms with Gasteiger partial charge in [0.05, 0.1) is 35.8 Å². The highest BCUT2D eigenvalue weighted by Crippen LogP contribution is 2.69. The van der Waals surface area contributed by atoms with Gasteiger partial charge in [-0.1, -0.05) is 68.7 Å². The molecule has 7 atom stereocenters. The Morgan fingerprint density at radius 2 is 1.93 bits per heavy atom. The van der Waals surface area contributed by atoms with Gasteiger partial charge in [0.2, 0.25) is 11.8 Å². The molecule has 4 fully saturated rings. The lowest BCUT2D eigenvalue weighted by Crippen LogP contribution is -2.59. The quantitative estimate of drug-likeness (QED) is 0.241. The van der Waals surface area contributed by atoms with Gasteiger partial charge in [0, 0.05) is 17.8 Å². The molecular weight excluding hydrogens is 524 g/mol. The summed E-state index contributed by atoms with van der Waals surface area (Å²) in [6.45, 7) is 10.1. The third-order valence-corrected chi connectivity index (χ3v) is 11.6. The fourth-order valence-electron chi connectivity index (χ4n) is 7.82. The van der Waals surface area contributed by atoms with Crippen LogP contribution in [0, 0.1) is 17.8 Å². The number of carbonyl (C=O) groups excluding carboxylic acids is 3. The standard InChI is InChI=1S/C32H42N2O5S/c1-4-6-18-39-31(38)26-25-19-21(3)32(40-25)27(26)29(36)34(24(20-35)22-13-9-7-10-14-22)28(32)30(37)33(17-5-2)23-15-11-8-12-16-23/h4-5,7,9-10,13-14,21,23-28,35H,1-2,6,8,11-12,15-20H2,3H3/t21?,24-,25+,26-,27+,28?,32?/m1/s1. The van der Waals surface area contributed by atoms with E-state index in [4.69, 9.17) is 4.74 Å². The molecule has 3 unspecified atom stereocenters. The summed E-state index contributed by atoms with van der Waals surface area (Å²) in [5.74, 6) is -1.93. The maximum Gasteiger partial charge on any atom is 0.310 e. The molecule has 4 aliphatic rings. The first-order valence-corrected chi connectivity index (χ1v) is 15.6. The molecule has 3 heterocycles. The maximum absolute atomic E-state index is 14.9. The summed E-state index contributed by atoms with van der Waals surface area (Å²) in [4.78, 5) is 46.5. The number of aliphatic hydroxyl groups excluding tert-OH is 1. The SMILES string of the molecule is C=CCCOC(=O)[C@@H]1[C@@H]2CC(C)C3(S2)C(C(=O)N(CC=C)C2CCCCC2)N([C@H](CO)c2ccccc2)C(=O)[C@H]13. The maximum atomic E-state index is 14.9. The Balaban J connectivity index is 1.60. The molecule has 3 aliphatic heterocycles. The van der Waals surface area contributed by atoms with Crippen LogP contribution in [-0.2, 0) is 19.1 Å². The monoisotopic (exact) mass is 566 g/mol. The van der Waals surface area contributed by atoms with E-state index in [1.807, 2.05) is 35.2 Å². The smallest absolute Gasteiger partial charge is 0.310 e. The first-order chi connectivity index (χ1) is 19.4. The van der Waals surface area contributed by atoms with Crippen LogP contribution in [-0.4, -0.2) is 74.5 Å². The largest absolute Gasteiger partial charge is 0.465 e. The molecule has 1 aliphatic carbocycles. The first kappa shape index (κ1) is 28.9. The molecule has 1 spiro atoms. The van der Waals surface area contributed by atoms with Crippen LogP contribution in [0.5, 0.6) is 0 Å². The second-order valence-corrected chi connectivity index (χ2v) is 13.3. The number of rotatable bonds is 11. The highest BCUT2D eigenvalue weighted by atomic mass is 32.2.